The molecule has 0 fully saturated rings. The predicted octanol–water partition coefficient (Wildman–Crippen LogP) is -1.40. The Morgan fingerprint density at radius 3 is 1.50 bits per heavy atom. The van der Waals surface area contributed by atoms with Crippen LogP contribution in [-0.4, -0.2) is 88.4 Å². The van der Waals surface area contributed by atoms with Crippen LogP contribution >= 0.6 is 67.8 Å². The highest BCUT2D eigenvalue weighted by molar-refractivity contribution is 14.1. The van der Waals surface area contributed by atoms with Crippen molar-refractivity contribution in [2.45, 2.75) is 12.2 Å². The second-order valence-electron chi connectivity index (χ2n) is 5.87. The Balaban J connectivity index is 3.48. The lowest BCUT2D eigenvalue weighted by atomic mass is 10.1. The summed E-state index contributed by atoms with van der Waals surface area (Å²) < 4.78 is 0.840. The van der Waals surface area contributed by atoms with Crippen molar-refractivity contribution in [3.05, 3.63) is 21.8 Å². The number of aliphatic hydroxyl groups excluding tert-OH is 5. The van der Waals surface area contributed by atoms with E-state index in [2.05, 4.69) is 16.0 Å². The van der Waals surface area contributed by atoms with Gasteiger partial charge in [-0.25, -0.2) is 0 Å². The first kappa shape index (κ1) is 27.7. The van der Waals surface area contributed by atoms with Gasteiger partial charge in [-0.2, -0.15) is 0 Å². The Kier molecular flexibility index (Phi) is 12.2. The molecule has 0 bridgehead atoms. The molecule has 0 saturated carbocycles. The van der Waals surface area contributed by atoms with E-state index in [1.807, 2.05) is 45.2 Å². The minimum absolute atomic E-state index is 0.0443. The van der Waals surface area contributed by atoms with Gasteiger partial charge in [0.05, 0.1) is 49.4 Å². The van der Waals surface area contributed by atoms with Crippen molar-refractivity contribution >= 4 is 91.2 Å². The Morgan fingerprint density at radius 1 is 0.767 bits per heavy atom. The molecular formula is C16H20I3N3O8. The summed E-state index contributed by atoms with van der Waals surface area (Å²) in [6.45, 7) is -2.40. The monoisotopic (exact) mass is 763 g/mol. The summed E-state index contributed by atoms with van der Waals surface area (Å²) in [6.07, 6.45) is -2.35. The van der Waals surface area contributed by atoms with Crippen molar-refractivity contribution in [3.63, 3.8) is 0 Å². The van der Waals surface area contributed by atoms with E-state index in [4.69, 9.17) is 15.3 Å². The first-order valence-electron chi connectivity index (χ1n) is 8.34. The molecule has 0 aliphatic carbocycles. The highest BCUT2D eigenvalue weighted by atomic mass is 127. The Labute approximate surface area is 212 Å². The number of aliphatic hydroxyl groups is 5. The SMILES string of the molecule is O=C(CO)Nc1c(I)c(C(=O)NCC(O)CO)c(I)c(C(=O)NCC(O)CO)c1I. The topological polar surface area (TPSA) is 188 Å². The summed E-state index contributed by atoms with van der Waals surface area (Å²) in [4.78, 5) is 37.2. The van der Waals surface area contributed by atoms with Gasteiger partial charge in [-0.3, -0.25) is 14.4 Å². The number of nitrogens with one attached hydrogen (secondary N) is 3. The van der Waals surface area contributed by atoms with E-state index in [1.165, 1.54) is 0 Å². The number of hydrogen-bond acceptors (Lipinski definition) is 8. The van der Waals surface area contributed by atoms with Gasteiger partial charge < -0.3 is 41.5 Å². The molecule has 1 aromatic rings. The van der Waals surface area contributed by atoms with Gasteiger partial charge in [0.1, 0.15) is 6.61 Å². The minimum Gasteiger partial charge on any atom is -0.394 e. The molecule has 0 spiro atoms. The lowest BCUT2D eigenvalue weighted by molar-refractivity contribution is -0.118. The normalized spacial score (nSPS) is 12.8. The summed E-state index contributed by atoms with van der Waals surface area (Å²) in [5.74, 6) is -2.07. The van der Waals surface area contributed by atoms with Crippen molar-refractivity contribution in [1.82, 2.24) is 10.6 Å². The Bertz CT molecular complexity index is 755. The number of amides is 3. The maximum atomic E-state index is 12.7. The van der Waals surface area contributed by atoms with Crippen molar-refractivity contribution < 1.29 is 39.9 Å². The molecular weight excluding hydrogens is 743 g/mol. The molecule has 14 heteroatoms. The molecule has 1 rings (SSSR count). The summed E-state index contributed by atoms with van der Waals surface area (Å²) in [6, 6.07) is 0. The maximum absolute atomic E-state index is 12.7. The zero-order valence-electron chi connectivity index (χ0n) is 15.3. The second kappa shape index (κ2) is 13.2. The van der Waals surface area contributed by atoms with Crippen LogP contribution in [0, 0.1) is 10.7 Å². The van der Waals surface area contributed by atoms with Crippen LogP contribution in [0.25, 0.3) is 0 Å². The summed E-state index contributed by atoms with van der Waals surface area (Å²) >= 11 is 5.43. The van der Waals surface area contributed by atoms with Gasteiger partial charge in [0.2, 0.25) is 5.91 Å². The molecule has 0 radical (unpaired) electrons. The van der Waals surface area contributed by atoms with Crippen LogP contribution in [0.1, 0.15) is 20.7 Å². The van der Waals surface area contributed by atoms with Crippen LogP contribution in [0.2, 0.25) is 0 Å². The number of halogens is 3. The van der Waals surface area contributed by atoms with Crippen molar-refractivity contribution in [3.8, 4) is 0 Å². The lowest BCUT2D eigenvalue weighted by Crippen LogP contribution is -2.37. The summed E-state index contributed by atoms with van der Waals surface area (Å²) in [7, 11) is 0. The lowest BCUT2D eigenvalue weighted by Gasteiger charge is -2.20. The van der Waals surface area contributed by atoms with Crippen LogP contribution in [-0.2, 0) is 4.79 Å². The highest BCUT2D eigenvalue weighted by Crippen LogP contribution is 2.35. The standard InChI is InChI=1S/C16H20I3N3O8/c17-11-9(15(29)20-1-6(26)3-23)12(18)14(22-8(28)5-25)13(19)10(11)16(30)21-2-7(27)4-24/h6-7,23-27H,1-5H2,(H,20,29)(H,21,30)(H,22,28). The molecule has 0 aromatic heterocycles. The Morgan fingerprint density at radius 2 is 1.17 bits per heavy atom. The molecule has 0 heterocycles. The molecule has 0 saturated heterocycles. The number of anilines is 1. The number of hydrogen-bond donors (Lipinski definition) is 8. The molecule has 2 unspecified atom stereocenters. The van der Waals surface area contributed by atoms with Crippen LogP contribution in [0.15, 0.2) is 0 Å². The van der Waals surface area contributed by atoms with E-state index in [0.29, 0.717) is 7.14 Å². The van der Waals surface area contributed by atoms with Gasteiger partial charge in [0, 0.05) is 16.7 Å². The molecule has 3 amide bonds. The van der Waals surface area contributed by atoms with E-state index >= 15 is 0 Å². The van der Waals surface area contributed by atoms with Crippen molar-refractivity contribution in [1.29, 1.82) is 0 Å². The van der Waals surface area contributed by atoms with Gasteiger partial charge in [-0.15, -0.1) is 0 Å². The van der Waals surface area contributed by atoms with E-state index in [9.17, 15) is 24.6 Å². The average Bonchev–Trinajstić information content (AvgIpc) is 2.72. The van der Waals surface area contributed by atoms with E-state index in [1.54, 1.807) is 22.6 Å². The molecule has 11 nitrogen and oxygen atoms in total. The molecule has 1 aromatic carbocycles. The largest absolute Gasteiger partial charge is 0.394 e. The molecule has 0 aliphatic rings. The van der Waals surface area contributed by atoms with Crippen molar-refractivity contribution in [2.75, 3.05) is 38.2 Å². The third kappa shape index (κ3) is 7.35. The number of carbonyl (C=O) groups is 3. The smallest absolute Gasteiger partial charge is 0.253 e. The van der Waals surface area contributed by atoms with Gasteiger partial charge in [-0.1, -0.05) is 0 Å². The van der Waals surface area contributed by atoms with Crippen LogP contribution < -0.4 is 16.0 Å². The van der Waals surface area contributed by atoms with E-state index < -0.39 is 49.8 Å². The van der Waals surface area contributed by atoms with E-state index in [0.717, 1.165) is 0 Å². The number of rotatable bonds is 10. The number of benzene rings is 1. The average molecular weight is 763 g/mol. The second-order valence-corrected chi connectivity index (χ2v) is 9.10. The molecule has 2 atom stereocenters. The third-order valence-corrected chi connectivity index (χ3v) is 6.83. The zero-order chi connectivity index (χ0) is 23.0. The van der Waals surface area contributed by atoms with Crippen LogP contribution in [0.3, 0.4) is 0 Å². The van der Waals surface area contributed by atoms with Gasteiger partial charge in [0.25, 0.3) is 11.8 Å². The third-order valence-electron chi connectivity index (χ3n) is 3.60. The first-order chi connectivity index (χ1) is 14.1. The maximum Gasteiger partial charge on any atom is 0.253 e. The fraction of sp³-hybridized carbons (Fsp3) is 0.438. The van der Waals surface area contributed by atoms with Gasteiger partial charge in [-0.05, 0) is 67.8 Å². The van der Waals surface area contributed by atoms with Crippen molar-refractivity contribution in [2.24, 2.45) is 0 Å². The quantitative estimate of drug-likeness (QED) is 0.134. The summed E-state index contributed by atoms with van der Waals surface area (Å²) in [5, 5.41) is 53.1. The van der Waals surface area contributed by atoms with E-state index in [-0.39, 0.29) is 33.5 Å². The number of carbonyl (C=O) groups excluding carboxylic acids is 3. The molecule has 8 N–H and O–H groups in total. The fourth-order valence-corrected chi connectivity index (χ4v) is 6.49. The molecule has 168 valence electrons. The predicted molar refractivity (Wildman–Crippen MR) is 131 cm³/mol. The Hall–Kier alpha value is -0.380. The zero-order valence-corrected chi connectivity index (χ0v) is 21.8. The first-order valence-corrected chi connectivity index (χ1v) is 11.6. The fourth-order valence-electron chi connectivity index (χ4n) is 2.08. The summed E-state index contributed by atoms with van der Waals surface area (Å²) in [5.41, 5.74) is 0.224. The van der Waals surface area contributed by atoms with Crippen LogP contribution in [0.4, 0.5) is 5.69 Å². The van der Waals surface area contributed by atoms with Gasteiger partial charge >= 0.3 is 0 Å². The highest BCUT2D eigenvalue weighted by Gasteiger charge is 2.28. The molecule has 0 aliphatic heterocycles. The molecule has 30 heavy (non-hydrogen) atoms. The van der Waals surface area contributed by atoms with Gasteiger partial charge in [0.15, 0.2) is 0 Å². The van der Waals surface area contributed by atoms with Crippen LogP contribution in [0.5, 0.6) is 0 Å². The minimum atomic E-state index is -1.18.